The predicted molar refractivity (Wildman–Crippen MR) is 91.0 cm³/mol. The molecule has 2 saturated carbocycles. The Hall–Kier alpha value is -1.21. The number of rotatable bonds is 4. The average molecular weight is 362 g/mol. The summed E-state index contributed by atoms with van der Waals surface area (Å²) in [4.78, 5) is 14.2. The minimum absolute atomic E-state index is 0.107. The highest BCUT2D eigenvalue weighted by atomic mass is 32.1. The van der Waals surface area contributed by atoms with Crippen LogP contribution in [0.2, 0.25) is 0 Å². The van der Waals surface area contributed by atoms with E-state index in [0.29, 0.717) is 33.8 Å². The van der Waals surface area contributed by atoms with Gasteiger partial charge in [0.15, 0.2) is 0 Å². The molecule has 0 aromatic carbocycles. The third-order valence-corrected chi connectivity index (χ3v) is 7.51. The van der Waals surface area contributed by atoms with Crippen molar-refractivity contribution in [3.05, 3.63) is 44.8 Å². The number of carbonyl (C=O) groups is 1. The Bertz CT molecular complexity index is 689. The molecule has 5 atom stereocenters. The van der Waals surface area contributed by atoms with E-state index < -0.39 is 11.6 Å². The van der Waals surface area contributed by atoms with Crippen molar-refractivity contribution in [3.63, 3.8) is 0 Å². The lowest BCUT2D eigenvalue weighted by molar-refractivity contribution is -0.170. The average Bonchev–Trinajstić information content (AvgIpc) is 2.99. The summed E-state index contributed by atoms with van der Waals surface area (Å²) in [6.45, 7) is 0. The van der Waals surface area contributed by atoms with E-state index in [1.807, 2.05) is 22.9 Å². The number of aliphatic hydroxyl groups is 1. The maximum absolute atomic E-state index is 13.0. The number of ether oxygens (including phenoxy) is 2. The van der Waals surface area contributed by atoms with Crippen LogP contribution in [0.3, 0.4) is 0 Å². The Morgan fingerprint density at radius 3 is 2.17 bits per heavy atom. The molecule has 0 spiro atoms. The lowest BCUT2D eigenvalue weighted by Gasteiger charge is -2.32. The van der Waals surface area contributed by atoms with Gasteiger partial charge in [-0.2, -0.15) is 0 Å². The molecule has 2 aromatic heterocycles. The highest BCUT2D eigenvalue weighted by Gasteiger charge is 2.60. The number of hydrogen-bond acceptors (Lipinski definition) is 6. The number of esters is 1. The highest BCUT2D eigenvalue weighted by molar-refractivity contribution is 7.12. The second-order valence-corrected chi connectivity index (χ2v) is 8.88. The Labute approximate surface area is 148 Å². The summed E-state index contributed by atoms with van der Waals surface area (Å²) >= 11 is 2.75. The number of fused-ring (bicyclic) bond motifs is 5. The van der Waals surface area contributed by atoms with Crippen LogP contribution in [0.25, 0.3) is 0 Å². The number of hydrogen-bond donors (Lipinski definition) is 1. The van der Waals surface area contributed by atoms with Gasteiger partial charge in [-0.1, -0.05) is 12.1 Å². The smallest absolute Gasteiger partial charge is 0.349 e. The molecule has 6 heteroatoms. The van der Waals surface area contributed by atoms with Gasteiger partial charge in [0.05, 0.1) is 22.0 Å². The minimum Gasteiger partial charge on any atom is -0.460 e. The first-order valence-corrected chi connectivity index (χ1v) is 10.1. The van der Waals surface area contributed by atoms with Crippen molar-refractivity contribution in [1.82, 2.24) is 0 Å². The van der Waals surface area contributed by atoms with Crippen molar-refractivity contribution in [2.75, 3.05) is 0 Å². The molecular weight excluding hydrogens is 344 g/mol. The summed E-state index contributed by atoms with van der Waals surface area (Å²) in [6.07, 6.45) is 3.59. The molecule has 1 saturated heterocycles. The highest BCUT2D eigenvalue weighted by Crippen LogP contribution is 2.54. The number of thiophene rings is 2. The molecule has 3 fully saturated rings. The molecule has 5 rings (SSSR count). The van der Waals surface area contributed by atoms with E-state index in [9.17, 15) is 9.90 Å². The van der Waals surface area contributed by atoms with Crippen LogP contribution in [-0.2, 0) is 19.9 Å². The van der Waals surface area contributed by atoms with Gasteiger partial charge in [-0.05, 0) is 54.0 Å². The van der Waals surface area contributed by atoms with Crippen LogP contribution < -0.4 is 0 Å². The molecule has 3 heterocycles. The normalized spacial score (nSPS) is 34.0. The zero-order chi connectivity index (χ0) is 16.3. The first-order valence-electron chi connectivity index (χ1n) is 8.33. The topological polar surface area (TPSA) is 59.1 Å². The summed E-state index contributed by atoms with van der Waals surface area (Å²) in [7, 11) is 0. The maximum atomic E-state index is 13.0. The summed E-state index contributed by atoms with van der Waals surface area (Å²) in [5.74, 6) is 0.486. The van der Waals surface area contributed by atoms with Crippen LogP contribution in [0, 0.1) is 11.8 Å². The van der Waals surface area contributed by atoms with Crippen LogP contribution >= 0.6 is 22.7 Å². The monoisotopic (exact) mass is 362 g/mol. The van der Waals surface area contributed by atoms with Gasteiger partial charge in [-0.25, -0.2) is 4.79 Å². The fourth-order valence-corrected chi connectivity index (χ4v) is 6.12. The minimum atomic E-state index is -1.70. The SMILES string of the molecule is O=C(OC1CC2CC(C1)[C@@H]1O[C@H]21)C(O)(c1cccs1)c1cccs1. The van der Waals surface area contributed by atoms with Gasteiger partial charge in [0.1, 0.15) is 6.10 Å². The third-order valence-electron chi connectivity index (χ3n) is 5.55. The second kappa shape index (κ2) is 5.39. The summed E-state index contributed by atoms with van der Waals surface area (Å²) in [5, 5.41) is 15.0. The molecule has 2 aliphatic carbocycles. The summed E-state index contributed by atoms with van der Waals surface area (Å²) in [5.41, 5.74) is -1.70. The molecular formula is C18H18O4S2. The van der Waals surface area contributed by atoms with E-state index in [1.165, 1.54) is 29.1 Å². The van der Waals surface area contributed by atoms with Crippen LogP contribution in [-0.4, -0.2) is 29.4 Å². The first-order chi connectivity index (χ1) is 11.7. The zero-order valence-electron chi connectivity index (χ0n) is 13.0. The Morgan fingerprint density at radius 2 is 1.67 bits per heavy atom. The van der Waals surface area contributed by atoms with E-state index in [2.05, 4.69) is 0 Å². The number of epoxide rings is 1. The molecule has 24 heavy (non-hydrogen) atoms. The Balaban J connectivity index is 1.39. The molecule has 126 valence electrons. The van der Waals surface area contributed by atoms with Crippen molar-refractivity contribution < 1.29 is 19.4 Å². The van der Waals surface area contributed by atoms with E-state index in [4.69, 9.17) is 9.47 Å². The predicted octanol–water partition coefficient (Wildman–Crippen LogP) is 3.15. The lowest BCUT2D eigenvalue weighted by Crippen LogP contribution is -2.40. The van der Waals surface area contributed by atoms with Gasteiger partial charge >= 0.3 is 5.97 Å². The quantitative estimate of drug-likeness (QED) is 0.670. The molecule has 3 unspecified atom stereocenters. The molecule has 0 radical (unpaired) electrons. The Morgan fingerprint density at radius 1 is 1.08 bits per heavy atom. The van der Waals surface area contributed by atoms with Crippen LogP contribution in [0.15, 0.2) is 35.0 Å². The fourth-order valence-electron chi connectivity index (χ4n) is 4.41. The van der Waals surface area contributed by atoms with E-state index >= 15 is 0 Å². The summed E-state index contributed by atoms with van der Waals surface area (Å²) < 4.78 is 11.5. The second-order valence-electron chi connectivity index (χ2n) is 6.98. The van der Waals surface area contributed by atoms with Gasteiger partial charge in [0, 0.05) is 0 Å². The fraction of sp³-hybridized carbons (Fsp3) is 0.500. The van der Waals surface area contributed by atoms with Crippen molar-refractivity contribution in [1.29, 1.82) is 0 Å². The molecule has 1 aliphatic heterocycles. The van der Waals surface area contributed by atoms with Crippen molar-refractivity contribution >= 4 is 28.6 Å². The van der Waals surface area contributed by atoms with Gasteiger partial charge in [-0.3, -0.25) is 0 Å². The van der Waals surface area contributed by atoms with Crippen molar-refractivity contribution in [3.8, 4) is 0 Å². The van der Waals surface area contributed by atoms with Gasteiger partial charge in [0.25, 0.3) is 0 Å². The Kier molecular flexibility index (Phi) is 3.39. The molecule has 2 aromatic rings. The lowest BCUT2D eigenvalue weighted by atomic mass is 9.85. The zero-order valence-corrected chi connectivity index (χ0v) is 14.6. The largest absolute Gasteiger partial charge is 0.460 e. The van der Waals surface area contributed by atoms with Gasteiger partial charge in [0.2, 0.25) is 5.60 Å². The molecule has 0 amide bonds. The van der Waals surface area contributed by atoms with E-state index in [1.54, 1.807) is 12.1 Å². The molecule has 2 bridgehead atoms. The van der Waals surface area contributed by atoms with Crippen LogP contribution in [0.4, 0.5) is 0 Å². The molecule has 1 N–H and O–H groups in total. The van der Waals surface area contributed by atoms with Gasteiger partial charge in [-0.15, -0.1) is 22.7 Å². The maximum Gasteiger partial charge on any atom is 0.349 e. The van der Waals surface area contributed by atoms with E-state index in [0.717, 1.165) is 12.8 Å². The number of carbonyl (C=O) groups excluding carboxylic acids is 1. The standard InChI is InChI=1S/C18H18O4S2/c19-17(21-12-8-10-7-11(9-12)16-15(10)22-16)18(20,13-3-1-5-23-13)14-4-2-6-24-14/h1-6,10-12,15-16,20H,7-9H2/t10?,11?,12?,15-,16+. The van der Waals surface area contributed by atoms with E-state index in [-0.39, 0.29) is 6.10 Å². The van der Waals surface area contributed by atoms with Crippen LogP contribution in [0.5, 0.6) is 0 Å². The molecule has 3 aliphatic rings. The van der Waals surface area contributed by atoms with Crippen molar-refractivity contribution in [2.45, 2.75) is 43.2 Å². The van der Waals surface area contributed by atoms with Gasteiger partial charge < -0.3 is 14.6 Å². The van der Waals surface area contributed by atoms with Crippen LogP contribution in [0.1, 0.15) is 29.0 Å². The molecule has 4 nitrogen and oxygen atoms in total. The summed E-state index contributed by atoms with van der Waals surface area (Å²) in [6, 6.07) is 7.27. The first kappa shape index (κ1) is 15.1. The third kappa shape index (κ3) is 2.20. The van der Waals surface area contributed by atoms with Crippen molar-refractivity contribution in [2.24, 2.45) is 11.8 Å².